The standard InChI is InChI=1S/C15H12BrF3N2O4S2/c16-9-5-8-7-20-3-4-25-13(8)10(6-9)14(22)21-27(23,24)12-2-1-11(26-12)15(17,18)19/h1-2,5-6,20H,3-4,7H2,(H,21,22). The summed E-state index contributed by atoms with van der Waals surface area (Å²) < 4.78 is 70.0. The summed E-state index contributed by atoms with van der Waals surface area (Å²) in [4.78, 5) is 11.5. The molecular weight excluding hydrogens is 473 g/mol. The van der Waals surface area contributed by atoms with Gasteiger partial charge in [-0.25, -0.2) is 13.1 Å². The van der Waals surface area contributed by atoms with Gasteiger partial charge in [-0.05, 0) is 24.3 Å². The Bertz CT molecular complexity index is 989. The molecule has 1 aromatic carbocycles. The van der Waals surface area contributed by atoms with Gasteiger partial charge in [-0.1, -0.05) is 15.9 Å². The lowest BCUT2D eigenvalue weighted by Gasteiger charge is -2.13. The van der Waals surface area contributed by atoms with Gasteiger partial charge in [0, 0.05) is 23.1 Å². The summed E-state index contributed by atoms with van der Waals surface area (Å²) in [7, 11) is -4.46. The van der Waals surface area contributed by atoms with Crippen molar-refractivity contribution in [3.05, 3.63) is 44.7 Å². The second-order valence-corrected chi connectivity index (χ2v) is 9.43. The fraction of sp³-hybridized carbons (Fsp3) is 0.267. The lowest BCUT2D eigenvalue weighted by Crippen LogP contribution is -2.30. The highest BCUT2D eigenvalue weighted by Gasteiger charge is 2.34. The predicted octanol–water partition coefficient (Wildman–Crippen LogP) is 3.13. The average molecular weight is 485 g/mol. The van der Waals surface area contributed by atoms with Crippen LogP contribution in [0.3, 0.4) is 0 Å². The molecule has 1 amide bonds. The Labute approximate surface area is 164 Å². The number of hydrogen-bond acceptors (Lipinski definition) is 6. The third kappa shape index (κ3) is 4.45. The molecule has 0 aliphatic carbocycles. The fourth-order valence-corrected chi connectivity index (χ4v) is 5.06. The van der Waals surface area contributed by atoms with Crippen LogP contribution in [0.15, 0.2) is 32.9 Å². The number of amides is 1. The van der Waals surface area contributed by atoms with Crippen molar-refractivity contribution >= 4 is 43.2 Å². The van der Waals surface area contributed by atoms with E-state index in [0.717, 1.165) is 6.07 Å². The molecular formula is C15H12BrF3N2O4S2. The monoisotopic (exact) mass is 484 g/mol. The second kappa shape index (κ2) is 7.41. The van der Waals surface area contributed by atoms with Crippen LogP contribution >= 0.6 is 27.3 Å². The van der Waals surface area contributed by atoms with Crippen LogP contribution < -0.4 is 14.8 Å². The van der Waals surface area contributed by atoms with Crippen LogP contribution in [0.25, 0.3) is 0 Å². The van der Waals surface area contributed by atoms with Crippen molar-refractivity contribution in [1.82, 2.24) is 10.0 Å². The smallest absolute Gasteiger partial charge is 0.425 e. The summed E-state index contributed by atoms with van der Waals surface area (Å²) in [6.07, 6.45) is -4.66. The van der Waals surface area contributed by atoms with Crippen LogP contribution in [0.4, 0.5) is 13.2 Å². The lowest BCUT2D eigenvalue weighted by atomic mass is 10.1. The zero-order valence-electron chi connectivity index (χ0n) is 13.4. The van der Waals surface area contributed by atoms with E-state index in [1.807, 2.05) is 0 Å². The van der Waals surface area contributed by atoms with Crippen molar-refractivity contribution in [3.63, 3.8) is 0 Å². The highest BCUT2D eigenvalue weighted by atomic mass is 79.9. The molecule has 6 nitrogen and oxygen atoms in total. The molecule has 1 aliphatic heterocycles. The van der Waals surface area contributed by atoms with Gasteiger partial charge in [0.05, 0.1) is 5.56 Å². The summed E-state index contributed by atoms with van der Waals surface area (Å²) in [5.41, 5.74) is 0.624. The predicted molar refractivity (Wildman–Crippen MR) is 95.3 cm³/mol. The van der Waals surface area contributed by atoms with Gasteiger partial charge in [0.1, 0.15) is 21.4 Å². The summed E-state index contributed by atoms with van der Waals surface area (Å²) in [6.45, 7) is 1.24. The number of nitrogens with one attached hydrogen (secondary N) is 2. The highest BCUT2D eigenvalue weighted by Crippen LogP contribution is 2.36. The Kier molecular flexibility index (Phi) is 5.52. The van der Waals surface area contributed by atoms with E-state index in [1.54, 1.807) is 10.8 Å². The number of carbonyl (C=O) groups is 1. The minimum Gasteiger partial charge on any atom is -0.491 e. The van der Waals surface area contributed by atoms with Crippen LogP contribution in [0.5, 0.6) is 5.75 Å². The van der Waals surface area contributed by atoms with Gasteiger partial charge in [0.25, 0.3) is 15.9 Å². The molecule has 3 rings (SSSR count). The molecule has 0 atom stereocenters. The number of halogens is 4. The molecule has 0 radical (unpaired) electrons. The van der Waals surface area contributed by atoms with E-state index in [9.17, 15) is 26.4 Å². The number of sulfonamides is 1. The maximum Gasteiger partial charge on any atom is 0.425 e. The fourth-order valence-electron chi connectivity index (χ4n) is 2.41. The zero-order valence-corrected chi connectivity index (χ0v) is 16.6. The van der Waals surface area contributed by atoms with Gasteiger partial charge in [-0.15, -0.1) is 11.3 Å². The van der Waals surface area contributed by atoms with E-state index in [0.29, 0.717) is 29.2 Å². The normalized spacial score (nSPS) is 14.8. The molecule has 0 fully saturated rings. The topological polar surface area (TPSA) is 84.5 Å². The first-order valence-corrected chi connectivity index (χ1v) is 10.6. The summed E-state index contributed by atoms with van der Waals surface area (Å²) in [5, 5.41) is 3.09. The largest absolute Gasteiger partial charge is 0.491 e. The lowest BCUT2D eigenvalue weighted by molar-refractivity contribution is -0.134. The van der Waals surface area contributed by atoms with Crippen LogP contribution in [0.2, 0.25) is 0 Å². The quantitative estimate of drug-likeness (QED) is 0.698. The molecule has 2 N–H and O–H groups in total. The van der Waals surface area contributed by atoms with Crippen molar-refractivity contribution in [2.45, 2.75) is 16.9 Å². The Balaban J connectivity index is 1.91. The van der Waals surface area contributed by atoms with Crippen molar-refractivity contribution in [2.24, 2.45) is 0 Å². The van der Waals surface area contributed by atoms with Crippen molar-refractivity contribution in [2.75, 3.05) is 13.2 Å². The SMILES string of the molecule is O=C(NS(=O)(=O)c1ccc(C(F)(F)F)s1)c1cc(Br)cc2c1OCCNC2. The van der Waals surface area contributed by atoms with Crippen LogP contribution in [0.1, 0.15) is 20.8 Å². The summed E-state index contributed by atoms with van der Waals surface area (Å²) in [5.74, 6) is -0.755. The second-order valence-electron chi connectivity index (χ2n) is 5.52. The maximum atomic E-state index is 12.7. The van der Waals surface area contributed by atoms with Crippen molar-refractivity contribution < 1.29 is 31.1 Å². The number of hydrogen-bond donors (Lipinski definition) is 2. The third-order valence-corrected chi connectivity index (χ3v) is 6.98. The first-order chi connectivity index (χ1) is 12.6. The molecule has 2 aromatic rings. The van der Waals surface area contributed by atoms with E-state index in [2.05, 4.69) is 21.2 Å². The van der Waals surface area contributed by atoms with Gasteiger partial charge in [0.15, 0.2) is 0 Å². The van der Waals surface area contributed by atoms with E-state index in [4.69, 9.17) is 4.74 Å². The number of thiophene rings is 1. The molecule has 0 saturated carbocycles. The molecule has 0 unspecified atom stereocenters. The first kappa shape index (κ1) is 20.1. The van der Waals surface area contributed by atoms with Gasteiger partial charge in [-0.2, -0.15) is 13.2 Å². The molecule has 1 aliphatic rings. The number of rotatable bonds is 3. The van der Waals surface area contributed by atoms with E-state index in [-0.39, 0.29) is 29.3 Å². The molecule has 0 saturated heterocycles. The van der Waals surface area contributed by atoms with Crippen LogP contribution in [-0.4, -0.2) is 27.5 Å². The minimum atomic E-state index is -4.66. The Morgan fingerprint density at radius 3 is 2.70 bits per heavy atom. The number of fused-ring (bicyclic) bond motifs is 1. The Hall–Kier alpha value is -1.63. The number of alkyl halides is 3. The van der Waals surface area contributed by atoms with E-state index < -0.39 is 31.2 Å². The number of benzene rings is 1. The highest BCUT2D eigenvalue weighted by molar-refractivity contribution is 9.10. The van der Waals surface area contributed by atoms with Gasteiger partial charge in [0.2, 0.25) is 0 Å². The Morgan fingerprint density at radius 2 is 2.04 bits per heavy atom. The van der Waals surface area contributed by atoms with Gasteiger partial charge < -0.3 is 10.1 Å². The minimum absolute atomic E-state index is 0.0285. The van der Waals surface area contributed by atoms with Gasteiger partial charge in [-0.3, -0.25) is 4.79 Å². The average Bonchev–Trinajstić information content (AvgIpc) is 2.96. The molecule has 0 spiro atoms. The molecule has 2 heterocycles. The maximum absolute atomic E-state index is 12.7. The molecule has 12 heteroatoms. The van der Waals surface area contributed by atoms with Crippen LogP contribution in [-0.2, 0) is 22.7 Å². The van der Waals surface area contributed by atoms with Crippen molar-refractivity contribution in [3.8, 4) is 5.75 Å². The summed E-state index contributed by atoms with van der Waals surface area (Å²) in [6, 6.07) is 4.59. The first-order valence-electron chi connectivity index (χ1n) is 7.48. The zero-order chi connectivity index (χ0) is 19.8. The number of carbonyl (C=O) groups excluding carboxylic acids is 1. The summed E-state index contributed by atoms with van der Waals surface area (Å²) >= 11 is 3.29. The molecule has 0 bridgehead atoms. The number of ether oxygens (including phenoxy) is 1. The van der Waals surface area contributed by atoms with E-state index >= 15 is 0 Å². The Morgan fingerprint density at radius 1 is 1.30 bits per heavy atom. The van der Waals surface area contributed by atoms with Gasteiger partial charge >= 0.3 is 6.18 Å². The third-order valence-electron chi connectivity index (χ3n) is 3.57. The van der Waals surface area contributed by atoms with E-state index in [1.165, 1.54) is 6.07 Å². The molecule has 146 valence electrons. The molecule has 27 heavy (non-hydrogen) atoms. The van der Waals surface area contributed by atoms with Crippen LogP contribution in [0, 0.1) is 0 Å². The molecule has 1 aromatic heterocycles. The van der Waals surface area contributed by atoms with Crippen molar-refractivity contribution in [1.29, 1.82) is 0 Å².